The minimum Gasteiger partial charge on any atom is -0.334 e. The molecule has 1 aromatic carbocycles. The highest BCUT2D eigenvalue weighted by atomic mass is 32.1. The molecule has 0 radical (unpaired) electrons. The van der Waals surface area contributed by atoms with Gasteiger partial charge in [-0.05, 0) is 37.5 Å². The molecular formula is C18H18N2S. The normalized spacial score (nSPS) is 14.1. The average molecular weight is 294 g/mol. The number of benzene rings is 1. The van der Waals surface area contributed by atoms with Crippen molar-refractivity contribution >= 4 is 11.3 Å². The van der Waals surface area contributed by atoms with E-state index < -0.39 is 0 Å². The van der Waals surface area contributed by atoms with Gasteiger partial charge in [0.1, 0.15) is 5.82 Å². The van der Waals surface area contributed by atoms with Crippen LogP contribution in [0.5, 0.6) is 0 Å². The molecule has 0 fully saturated rings. The minimum absolute atomic E-state index is 1.11. The molecule has 0 spiro atoms. The summed E-state index contributed by atoms with van der Waals surface area (Å²) in [6.45, 7) is 3.27. The molecule has 1 aliphatic rings. The van der Waals surface area contributed by atoms with Gasteiger partial charge in [0.15, 0.2) is 0 Å². The summed E-state index contributed by atoms with van der Waals surface area (Å²) >= 11 is 1.84. The summed E-state index contributed by atoms with van der Waals surface area (Å²) in [6.07, 6.45) is 5.87. The molecule has 3 heterocycles. The fourth-order valence-corrected chi connectivity index (χ4v) is 3.82. The third-order valence-electron chi connectivity index (χ3n) is 4.11. The molecule has 0 bridgehead atoms. The zero-order valence-corrected chi connectivity index (χ0v) is 13.0. The highest BCUT2D eigenvalue weighted by molar-refractivity contribution is 7.15. The van der Waals surface area contributed by atoms with Crippen molar-refractivity contribution in [1.82, 2.24) is 9.55 Å². The number of fused-ring (bicyclic) bond motifs is 1. The third kappa shape index (κ3) is 2.42. The zero-order valence-electron chi connectivity index (χ0n) is 12.2. The van der Waals surface area contributed by atoms with Gasteiger partial charge in [0.05, 0.1) is 5.69 Å². The summed E-state index contributed by atoms with van der Waals surface area (Å²) in [5, 5.41) is 0. The Bertz CT molecular complexity index is 741. The maximum Gasteiger partial charge on any atom is 0.109 e. The molecule has 3 heteroatoms. The maximum absolute atomic E-state index is 4.79. The number of thiophene rings is 1. The van der Waals surface area contributed by atoms with Crippen LogP contribution in [-0.2, 0) is 13.0 Å². The quantitative estimate of drug-likeness (QED) is 0.655. The monoisotopic (exact) mass is 294 g/mol. The molecule has 4 rings (SSSR count). The second kappa shape index (κ2) is 5.15. The van der Waals surface area contributed by atoms with Crippen LogP contribution in [-0.4, -0.2) is 9.55 Å². The lowest BCUT2D eigenvalue weighted by Gasteiger charge is -2.11. The van der Waals surface area contributed by atoms with E-state index in [9.17, 15) is 0 Å². The van der Waals surface area contributed by atoms with Crippen molar-refractivity contribution in [2.24, 2.45) is 0 Å². The first-order valence-corrected chi connectivity index (χ1v) is 8.34. The predicted molar refractivity (Wildman–Crippen MR) is 88.7 cm³/mol. The van der Waals surface area contributed by atoms with Gasteiger partial charge in [-0.3, -0.25) is 0 Å². The molecule has 3 aromatic rings. The molecule has 0 amide bonds. The second-order valence-electron chi connectivity index (χ2n) is 5.68. The fourth-order valence-electron chi connectivity index (χ4n) is 2.95. The molecule has 0 saturated carbocycles. The van der Waals surface area contributed by atoms with Crippen molar-refractivity contribution in [3.63, 3.8) is 0 Å². The Morgan fingerprint density at radius 1 is 1.00 bits per heavy atom. The molecule has 106 valence electrons. The summed E-state index contributed by atoms with van der Waals surface area (Å²) in [5.41, 5.74) is 3.62. The summed E-state index contributed by atoms with van der Waals surface area (Å²) < 4.78 is 2.31. The van der Waals surface area contributed by atoms with Crippen molar-refractivity contribution in [2.45, 2.75) is 32.7 Å². The van der Waals surface area contributed by atoms with E-state index in [1.165, 1.54) is 39.5 Å². The van der Waals surface area contributed by atoms with E-state index in [-0.39, 0.29) is 0 Å². The number of imidazole rings is 1. The van der Waals surface area contributed by atoms with Crippen molar-refractivity contribution in [2.75, 3.05) is 0 Å². The molecule has 0 saturated heterocycles. The molecule has 2 nitrogen and oxygen atoms in total. The Hall–Kier alpha value is -1.87. The van der Waals surface area contributed by atoms with Crippen LogP contribution in [0.25, 0.3) is 21.7 Å². The van der Waals surface area contributed by atoms with Gasteiger partial charge in [0.25, 0.3) is 0 Å². The van der Waals surface area contributed by atoms with Crippen LogP contribution < -0.4 is 0 Å². The predicted octanol–water partition coefficient (Wildman–Crippen LogP) is 4.92. The molecule has 0 atom stereocenters. The van der Waals surface area contributed by atoms with E-state index in [0.29, 0.717) is 0 Å². The van der Waals surface area contributed by atoms with Crippen molar-refractivity contribution in [3.8, 4) is 21.7 Å². The lowest BCUT2D eigenvalue weighted by molar-refractivity contribution is 0.522. The van der Waals surface area contributed by atoms with Gasteiger partial charge in [-0.25, -0.2) is 4.98 Å². The average Bonchev–Trinajstić information content (AvgIpc) is 3.13. The Morgan fingerprint density at radius 2 is 1.81 bits per heavy atom. The number of hydrogen-bond donors (Lipinski definition) is 0. The lowest BCUT2D eigenvalue weighted by Crippen LogP contribution is -2.08. The van der Waals surface area contributed by atoms with Crippen molar-refractivity contribution in [3.05, 3.63) is 53.3 Å². The van der Waals surface area contributed by atoms with Crippen LogP contribution in [0.2, 0.25) is 0 Å². The highest BCUT2D eigenvalue weighted by Gasteiger charge is 2.13. The van der Waals surface area contributed by atoms with E-state index in [1.54, 1.807) is 0 Å². The van der Waals surface area contributed by atoms with Gasteiger partial charge in [-0.2, -0.15) is 0 Å². The van der Waals surface area contributed by atoms with Crippen LogP contribution in [0.1, 0.15) is 23.5 Å². The van der Waals surface area contributed by atoms with E-state index in [1.807, 2.05) is 11.3 Å². The number of aryl methyl sites for hydroxylation is 3. The van der Waals surface area contributed by atoms with Crippen LogP contribution in [0, 0.1) is 6.92 Å². The van der Waals surface area contributed by atoms with Crippen LogP contribution in [0.3, 0.4) is 0 Å². The van der Waals surface area contributed by atoms with Gasteiger partial charge in [-0.1, -0.05) is 24.3 Å². The van der Waals surface area contributed by atoms with Gasteiger partial charge in [0.2, 0.25) is 0 Å². The minimum atomic E-state index is 1.11. The summed E-state index contributed by atoms with van der Waals surface area (Å²) in [6, 6.07) is 13.2. The second-order valence-corrected chi connectivity index (χ2v) is 6.97. The molecular weight excluding hydrogens is 276 g/mol. The molecule has 21 heavy (non-hydrogen) atoms. The summed E-state index contributed by atoms with van der Waals surface area (Å²) in [4.78, 5) is 7.49. The Kier molecular flexibility index (Phi) is 3.15. The molecule has 2 aromatic heterocycles. The molecule has 0 unspecified atom stereocenters. The van der Waals surface area contributed by atoms with Crippen LogP contribution in [0.4, 0.5) is 0 Å². The molecule has 0 N–H and O–H groups in total. The van der Waals surface area contributed by atoms with Crippen LogP contribution >= 0.6 is 11.3 Å². The number of hydrogen-bond acceptors (Lipinski definition) is 2. The summed E-state index contributed by atoms with van der Waals surface area (Å²) in [7, 11) is 0. The van der Waals surface area contributed by atoms with E-state index in [2.05, 4.69) is 54.1 Å². The van der Waals surface area contributed by atoms with Gasteiger partial charge < -0.3 is 4.57 Å². The maximum atomic E-state index is 4.79. The first-order chi connectivity index (χ1) is 10.3. The number of rotatable bonds is 2. The van der Waals surface area contributed by atoms with E-state index >= 15 is 0 Å². The first-order valence-electron chi connectivity index (χ1n) is 7.53. The Morgan fingerprint density at radius 3 is 2.52 bits per heavy atom. The van der Waals surface area contributed by atoms with Crippen molar-refractivity contribution < 1.29 is 0 Å². The summed E-state index contributed by atoms with van der Waals surface area (Å²) in [5.74, 6) is 1.24. The van der Waals surface area contributed by atoms with Crippen LogP contribution in [0.15, 0.2) is 42.6 Å². The highest BCUT2D eigenvalue weighted by Crippen LogP contribution is 2.30. The third-order valence-corrected chi connectivity index (χ3v) is 5.16. The Labute approximate surface area is 129 Å². The first kappa shape index (κ1) is 12.8. The van der Waals surface area contributed by atoms with E-state index in [4.69, 9.17) is 4.98 Å². The molecule has 1 aliphatic heterocycles. The smallest absolute Gasteiger partial charge is 0.109 e. The lowest BCUT2D eigenvalue weighted by atomic mass is 10.1. The molecule has 0 aliphatic carbocycles. The largest absolute Gasteiger partial charge is 0.334 e. The van der Waals surface area contributed by atoms with Gasteiger partial charge >= 0.3 is 0 Å². The topological polar surface area (TPSA) is 17.8 Å². The van der Waals surface area contributed by atoms with E-state index in [0.717, 1.165) is 18.7 Å². The van der Waals surface area contributed by atoms with Gasteiger partial charge in [0, 0.05) is 34.5 Å². The number of aromatic nitrogens is 2. The standard InChI is InChI=1S/C18H18N2S/c1-13-5-10-17(21-13)15-8-6-14(7-9-15)16-12-20-11-3-2-4-18(20)19-16/h5-10,12H,2-4,11H2,1H3. The fraction of sp³-hybridized carbons (Fsp3) is 0.278. The zero-order chi connectivity index (χ0) is 14.2. The Balaban J connectivity index is 1.65. The number of nitrogens with zero attached hydrogens (tertiary/aromatic N) is 2. The SMILES string of the molecule is Cc1ccc(-c2ccc(-c3cn4c(n3)CCCC4)cc2)s1. The van der Waals surface area contributed by atoms with Gasteiger partial charge in [-0.15, -0.1) is 11.3 Å². The van der Waals surface area contributed by atoms with Crippen molar-refractivity contribution in [1.29, 1.82) is 0 Å².